The Morgan fingerprint density at radius 3 is 2.48 bits per heavy atom. The van der Waals surface area contributed by atoms with Crippen LogP contribution >= 0.6 is 0 Å². The lowest BCUT2D eigenvalue weighted by atomic mass is 10.1. The Kier molecular flexibility index (Phi) is 6.49. The van der Waals surface area contributed by atoms with Crippen LogP contribution in [0.4, 0.5) is 11.4 Å². The van der Waals surface area contributed by atoms with Crippen molar-refractivity contribution in [3.05, 3.63) is 71.3 Å². The fourth-order valence-corrected chi connectivity index (χ4v) is 3.35. The number of carbonyl (C=O) groups is 4. The molecule has 0 radical (unpaired) electrons. The Morgan fingerprint density at radius 1 is 1.13 bits per heavy atom. The maximum atomic E-state index is 12.6. The van der Waals surface area contributed by atoms with Gasteiger partial charge in [-0.05, 0) is 56.2 Å². The molecule has 1 aliphatic rings. The van der Waals surface area contributed by atoms with E-state index in [0.717, 1.165) is 23.7 Å². The number of amides is 2. The van der Waals surface area contributed by atoms with E-state index in [0.29, 0.717) is 5.69 Å². The Balaban J connectivity index is 1.56. The maximum Gasteiger partial charge on any atom is 0.338 e. The van der Waals surface area contributed by atoms with Crippen LogP contribution in [0.25, 0.3) is 0 Å². The van der Waals surface area contributed by atoms with Crippen LogP contribution in [0, 0.1) is 0 Å². The lowest BCUT2D eigenvalue weighted by molar-refractivity contribution is -0.132. The number of esters is 1. The highest BCUT2D eigenvalue weighted by Crippen LogP contribution is 2.31. The molecule has 0 unspecified atom stereocenters. The van der Waals surface area contributed by atoms with E-state index in [4.69, 9.17) is 9.84 Å². The molecule has 1 atom stereocenters. The van der Waals surface area contributed by atoms with Gasteiger partial charge in [0.05, 0.1) is 5.56 Å². The van der Waals surface area contributed by atoms with Crippen molar-refractivity contribution < 1.29 is 29.0 Å². The van der Waals surface area contributed by atoms with E-state index < -0.39 is 17.8 Å². The molecular weight excluding hydrogens is 400 g/mol. The van der Waals surface area contributed by atoms with Crippen molar-refractivity contribution in [3.8, 4) is 0 Å². The monoisotopic (exact) mass is 422 g/mol. The molecule has 2 amide bonds. The first-order chi connectivity index (χ1) is 14.8. The summed E-state index contributed by atoms with van der Waals surface area (Å²) in [7, 11) is 0. The fraction of sp³-hybridized carbons (Fsp3) is 0.217. The number of rotatable bonds is 6. The van der Waals surface area contributed by atoms with Gasteiger partial charge in [0.1, 0.15) is 0 Å². The van der Waals surface area contributed by atoms with E-state index in [2.05, 4.69) is 5.32 Å². The molecule has 8 nitrogen and oxygen atoms in total. The summed E-state index contributed by atoms with van der Waals surface area (Å²) in [6.07, 6.45) is 1.72. The highest BCUT2D eigenvalue weighted by molar-refractivity contribution is 6.04. The smallest absolute Gasteiger partial charge is 0.338 e. The fourth-order valence-electron chi connectivity index (χ4n) is 3.35. The minimum absolute atomic E-state index is 0.00897. The summed E-state index contributed by atoms with van der Waals surface area (Å²) in [5.41, 5.74) is 2.42. The lowest BCUT2D eigenvalue weighted by Crippen LogP contribution is -2.38. The molecule has 2 N–H and O–H groups in total. The summed E-state index contributed by atoms with van der Waals surface area (Å²) >= 11 is 0. The number of anilines is 2. The minimum atomic E-state index is -1.19. The van der Waals surface area contributed by atoms with E-state index in [9.17, 15) is 19.2 Å². The summed E-state index contributed by atoms with van der Waals surface area (Å²) in [5, 5.41) is 11.3. The number of carboxylic acid groups (broad SMARTS) is 1. The van der Waals surface area contributed by atoms with Crippen molar-refractivity contribution in [2.24, 2.45) is 0 Å². The van der Waals surface area contributed by atoms with Gasteiger partial charge in [0.15, 0.2) is 6.61 Å². The summed E-state index contributed by atoms with van der Waals surface area (Å²) in [5.74, 6) is -2.74. The molecule has 0 fully saturated rings. The van der Waals surface area contributed by atoms with Crippen LogP contribution in [-0.4, -0.2) is 41.5 Å². The minimum Gasteiger partial charge on any atom is -0.478 e. The van der Waals surface area contributed by atoms with E-state index in [1.165, 1.54) is 31.2 Å². The molecular formula is C23H22N2O6. The average molecular weight is 422 g/mol. The number of para-hydroxylation sites is 1. The number of ether oxygens (including phenoxy) is 1. The number of carboxylic acids is 1. The number of aliphatic carboxylic acids is 1. The molecule has 31 heavy (non-hydrogen) atoms. The topological polar surface area (TPSA) is 113 Å². The van der Waals surface area contributed by atoms with Crippen molar-refractivity contribution in [1.29, 1.82) is 0 Å². The molecule has 0 saturated heterocycles. The largest absolute Gasteiger partial charge is 0.478 e. The highest BCUT2D eigenvalue weighted by atomic mass is 16.5. The second-order valence-electron chi connectivity index (χ2n) is 7.22. The van der Waals surface area contributed by atoms with E-state index >= 15 is 0 Å². The Hall–Kier alpha value is -3.94. The molecule has 3 rings (SSSR count). The van der Waals surface area contributed by atoms with Crippen LogP contribution in [0.5, 0.6) is 0 Å². The normalized spacial score (nSPS) is 15.2. The molecule has 8 heteroatoms. The molecule has 2 aromatic carbocycles. The zero-order valence-corrected chi connectivity index (χ0v) is 17.1. The van der Waals surface area contributed by atoms with Crippen molar-refractivity contribution in [2.45, 2.75) is 26.3 Å². The number of benzene rings is 2. The quantitative estimate of drug-likeness (QED) is 0.547. The van der Waals surface area contributed by atoms with Gasteiger partial charge < -0.3 is 20.1 Å². The van der Waals surface area contributed by atoms with E-state index in [1.807, 2.05) is 31.2 Å². The lowest BCUT2D eigenvalue weighted by Gasteiger charge is -2.22. The molecule has 0 spiro atoms. The van der Waals surface area contributed by atoms with Gasteiger partial charge in [-0.3, -0.25) is 9.59 Å². The zero-order valence-electron chi connectivity index (χ0n) is 17.1. The predicted molar refractivity (Wildman–Crippen MR) is 114 cm³/mol. The number of hydrogen-bond donors (Lipinski definition) is 2. The Morgan fingerprint density at radius 2 is 1.81 bits per heavy atom. The third-order valence-corrected chi connectivity index (χ3v) is 4.88. The van der Waals surface area contributed by atoms with Crippen molar-refractivity contribution in [3.63, 3.8) is 0 Å². The summed E-state index contributed by atoms with van der Waals surface area (Å²) in [6, 6.07) is 13.5. The number of nitrogens with zero attached hydrogens (tertiary/aromatic N) is 1. The van der Waals surface area contributed by atoms with Crippen LogP contribution in [-0.2, 0) is 25.5 Å². The Bertz CT molecular complexity index is 1060. The average Bonchev–Trinajstić information content (AvgIpc) is 3.07. The third-order valence-electron chi connectivity index (χ3n) is 4.88. The second-order valence-corrected chi connectivity index (χ2v) is 7.22. The van der Waals surface area contributed by atoms with Crippen molar-refractivity contribution in [2.75, 3.05) is 16.8 Å². The number of nitrogens with one attached hydrogen (secondary N) is 1. The standard InChI is InChI=1S/C23H22N2O6/c1-14(22(28)29)11-20(26)24-18-9-7-16(8-10-18)23(30)31-13-21(27)25-15(2)12-17-5-3-4-6-19(17)25/h3-11,15H,12-13H2,1-2H3,(H,24,26)(H,28,29)/b14-11-/t15-/m0/s1. The summed E-state index contributed by atoms with van der Waals surface area (Å²) in [4.78, 5) is 49.1. The molecule has 0 bridgehead atoms. The first-order valence-corrected chi connectivity index (χ1v) is 9.66. The summed E-state index contributed by atoms with van der Waals surface area (Å²) in [6.45, 7) is 2.87. The Labute approximate surface area is 179 Å². The molecule has 0 saturated carbocycles. The van der Waals surface area contributed by atoms with Gasteiger partial charge in [-0.15, -0.1) is 0 Å². The third kappa shape index (κ3) is 5.16. The van der Waals surface area contributed by atoms with E-state index in [-0.39, 0.29) is 29.7 Å². The molecule has 2 aromatic rings. The first-order valence-electron chi connectivity index (χ1n) is 9.66. The van der Waals surface area contributed by atoms with Crippen molar-refractivity contribution in [1.82, 2.24) is 0 Å². The van der Waals surface area contributed by atoms with E-state index in [1.54, 1.807) is 4.90 Å². The van der Waals surface area contributed by atoms with Gasteiger partial charge in [-0.25, -0.2) is 9.59 Å². The van der Waals surface area contributed by atoms with Crippen LogP contribution in [0.3, 0.4) is 0 Å². The molecule has 1 aliphatic heterocycles. The van der Waals surface area contributed by atoms with Crippen LogP contribution in [0.2, 0.25) is 0 Å². The maximum absolute atomic E-state index is 12.6. The van der Waals surface area contributed by atoms with Gasteiger partial charge in [0, 0.05) is 29.1 Å². The number of fused-ring (bicyclic) bond motifs is 1. The number of carbonyl (C=O) groups excluding carboxylic acids is 3. The SMILES string of the molecule is C/C(=C/C(=O)Nc1ccc(C(=O)OCC(=O)N2c3ccccc3C[C@@H]2C)cc1)C(=O)O. The molecule has 0 aliphatic carbocycles. The highest BCUT2D eigenvalue weighted by Gasteiger charge is 2.31. The van der Waals surface area contributed by atoms with Gasteiger partial charge in [-0.1, -0.05) is 18.2 Å². The van der Waals surface area contributed by atoms with Crippen LogP contribution in [0.1, 0.15) is 29.8 Å². The molecule has 1 heterocycles. The number of hydrogen-bond acceptors (Lipinski definition) is 5. The van der Waals surface area contributed by atoms with Gasteiger partial charge >= 0.3 is 11.9 Å². The zero-order chi connectivity index (χ0) is 22.5. The summed E-state index contributed by atoms with van der Waals surface area (Å²) < 4.78 is 5.17. The predicted octanol–water partition coefficient (Wildman–Crippen LogP) is 2.79. The second kappa shape index (κ2) is 9.25. The molecule has 0 aromatic heterocycles. The van der Waals surface area contributed by atoms with Gasteiger partial charge in [0.2, 0.25) is 5.91 Å². The van der Waals surface area contributed by atoms with Gasteiger partial charge in [-0.2, -0.15) is 0 Å². The first kappa shape index (κ1) is 21.8. The van der Waals surface area contributed by atoms with Crippen LogP contribution in [0.15, 0.2) is 60.2 Å². The van der Waals surface area contributed by atoms with Crippen molar-refractivity contribution >= 4 is 35.1 Å². The van der Waals surface area contributed by atoms with Gasteiger partial charge in [0.25, 0.3) is 5.91 Å². The molecule has 160 valence electrons. The van der Waals surface area contributed by atoms with Crippen LogP contribution < -0.4 is 10.2 Å².